The molecule has 30 heavy (non-hydrogen) atoms. The quantitative estimate of drug-likeness (QED) is 0.545. The molecule has 156 valence electrons. The first-order valence-electron chi connectivity index (χ1n) is 9.55. The molecule has 0 saturated carbocycles. The minimum atomic E-state index is -3.70. The van der Waals surface area contributed by atoms with Crippen LogP contribution in [0.25, 0.3) is 0 Å². The highest BCUT2D eigenvalue weighted by atomic mass is 32.2. The SMILES string of the molecule is CC(C)COc1ccc(C(=O)Nc2ccc(S(=O)(=O)Nc3ccccc3)cc2)cc1. The Morgan fingerprint density at radius 1 is 0.867 bits per heavy atom. The summed E-state index contributed by atoms with van der Waals surface area (Å²) in [6, 6.07) is 21.5. The molecule has 0 bridgehead atoms. The van der Waals surface area contributed by atoms with E-state index in [0.29, 0.717) is 35.2 Å². The maximum Gasteiger partial charge on any atom is 0.261 e. The average Bonchev–Trinajstić information content (AvgIpc) is 2.73. The Labute approximate surface area is 177 Å². The van der Waals surface area contributed by atoms with Gasteiger partial charge < -0.3 is 10.1 Å². The highest BCUT2D eigenvalue weighted by Crippen LogP contribution is 2.19. The number of sulfonamides is 1. The van der Waals surface area contributed by atoms with Gasteiger partial charge >= 0.3 is 0 Å². The Kier molecular flexibility index (Phi) is 6.74. The molecule has 2 N–H and O–H groups in total. The van der Waals surface area contributed by atoms with Gasteiger partial charge in [0.15, 0.2) is 0 Å². The summed E-state index contributed by atoms with van der Waals surface area (Å²) in [5.41, 5.74) is 1.46. The third-order valence-corrected chi connectivity index (χ3v) is 5.55. The van der Waals surface area contributed by atoms with E-state index >= 15 is 0 Å². The van der Waals surface area contributed by atoms with Crippen LogP contribution in [0.3, 0.4) is 0 Å². The number of hydrogen-bond acceptors (Lipinski definition) is 4. The van der Waals surface area contributed by atoms with E-state index in [1.807, 2.05) is 6.07 Å². The zero-order valence-electron chi connectivity index (χ0n) is 16.8. The summed E-state index contributed by atoms with van der Waals surface area (Å²) in [6.07, 6.45) is 0. The highest BCUT2D eigenvalue weighted by Gasteiger charge is 2.14. The van der Waals surface area contributed by atoms with Crippen molar-refractivity contribution in [1.82, 2.24) is 0 Å². The van der Waals surface area contributed by atoms with Crippen molar-refractivity contribution in [3.05, 3.63) is 84.4 Å². The second kappa shape index (κ2) is 9.45. The Hall–Kier alpha value is -3.32. The molecule has 0 heterocycles. The minimum Gasteiger partial charge on any atom is -0.493 e. The second-order valence-electron chi connectivity index (χ2n) is 7.18. The number of hydrogen-bond donors (Lipinski definition) is 2. The van der Waals surface area contributed by atoms with Gasteiger partial charge in [-0.1, -0.05) is 32.0 Å². The zero-order chi connectivity index (χ0) is 21.6. The number of amides is 1. The zero-order valence-corrected chi connectivity index (χ0v) is 17.6. The summed E-state index contributed by atoms with van der Waals surface area (Å²) in [5, 5.41) is 2.76. The van der Waals surface area contributed by atoms with Crippen molar-refractivity contribution in [3.8, 4) is 5.75 Å². The smallest absolute Gasteiger partial charge is 0.261 e. The van der Waals surface area contributed by atoms with E-state index in [-0.39, 0.29) is 10.8 Å². The number of nitrogens with one attached hydrogen (secondary N) is 2. The van der Waals surface area contributed by atoms with Gasteiger partial charge in [0.2, 0.25) is 0 Å². The first-order valence-corrected chi connectivity index (χ1v) is 11.0. The van der Waals surface area contributed by atoms with Crippen LogP contribution in [-0.2, 0) is 10.0 Å². The normalized spacial score (nSPS) is 11.2. The summed E-state index contributed by atoms with van der Waals surface area (Å²) in [5.74, 6) is 0.840. The predicted octanol–water partition coefficient (Wildman–Crippen LogP) is 4.77. The highest BCUT2D eigenvalue weighted by molar-refractivity contribution is 7.92. The topological polar surface area (TPSA) is 84.5 Å². The Bertz CT molecular complexity index is 1080. The van der Waals surface area contributed by atoms with Crippen molar-refractivity contribution in [1.29, 1.82) is 0 Å². The lowest BCUT2D eigenvalue weighted by Crippen LogP contribution is -2.14. The van der Waals surface area contributed by atoms with Crippen molar-refractivity contribution in [3.63, 3.8) is 0 Å². The molecular weight excluding hydrogens is 400 g/mol. The van der Waals surface area contributed by atoms with Gasteiger partial charge in [-0.05, 0) is 66.6 Å². The molecule has 0 unspecified atom stereocenters. The van der Waals surface area contributed by atoms with Crippen LogP contribution in [-0.4, -0.2) is 20.9 Å². The van der Waals surface area contributed by atoms with Crippen LogP contribution in [0, 0.1) is 5.92 Å². The summed E-state index contributed by atoms with van der Waals surface area (Å²) in [7, 11) is -3.70. The molecule has 7 heteroatoms. The number of carbonyl (C=O) groups is 1. The number of benzene rings is 3. The van der Waals surface area contributed by atoms with E-state index < -0.39 is 10.0 Å². The summed E-state index contributed by atoms with van der Waals surface area (Å²) in [6.45, 7) is 4.74. The molecule has 0 saturated heterocycles. The molecule has 3 rings (SSSR count). The van der Waals surface area contributed by atoms with E-state index in [9.17, 15) is 13.2 Å². The van der Waals surface area contributed by atoms with Crippen LogP contribution in [0.4, 0.5) is 11.4 Å². The Morgan fingerprint density at radius 2 is 1.50 bits per heavy atom. The lowest BCUT2D eigenvalue weighted by atomic mass is 10.2. The van der Waals surface area contributed by atoms with Gasteiger partial charge in [-0.3, -0.25) is 9.52 Å². The number of carbonyl (C=O) groups excluding carboxylic acids is 1. The van der Waals surface area contributed by atoms with Crippen LogP contribution in [0.15, 0.2) is 83.8 Å². The number of anilines is 2. The average molecular weight is 425 g/mol. The maximum atomic E-state index is 12.5. The molecule has 0 aliphatic carbocycles. The molecule has 0 spiro atoms. The fourth-order valence-electron chi connectivity index (χ4n) is 2.61. The molecule has 0 aliphatic rings. The second-order valence-corrected chi connectivity index (χ2v) is 8.86. The number of rotatable bonds is 8. The van der Waals surface area contributed by atoms with E-state index in [0.717, 1.165) is 0 Å². The van der Waals surface area contributed by atoms with Crippen molar-refractivity contribution in [2.24, 2.45) is 5.92 Å². The van der Waals surface area contributed by atoms with E-state index in [1.165, 1.54) is 12.1 Å². The van der Waals surface area contributed by atoms with Gasteiger partial charge in [-0.2, -0.15) is 0 Å². The number of para-hydroxylation sites is 1. The van der Waals surface area contributed by atoms with Gasteiger partial charge in [0.1, 0.15) is 5.75 Å². The molecule has 3 aromatic carbocycles. The van der Waals surface area contributed by atoms with E-state index in [2.05, 4.69) is 23.9 Å². The van der Waals surface area contributed by atoms with Crippen LogP contribution < -0.4 is 14.8 Å². The van der Waals surface area contributed by atoms with Crippen molar-refractivity contribution >= 4 is 27.3 Å². The van der Waals surface area contributed by atoms with Gasteiger partial charge in [-0.25, -0.2) is 8.42 Å². The third-order valence-electron chi connectivity index (χ3n) is 4.15. The fourth-order valence-corrected chi connectivity index (χ4v) is 3.67. The van der Waals surface area contributed by atoms with E-state index in [1.54, 1.807) is 60.7 Å². The molecule has 6 nitrogen and oxygen atoms in total. The summed E-state index contributed by atoms with van der Waals surface area (Å²) < 4.78 is 33.1. The van der Waals surface area contributed by atoms with Crippen LogP contribution >= 0.6 is 0 Å². The molecular formula is C23H24N2O4S. The van der Waals surface area contributed by atoms with Crippen LogP contribution in [0.2, 0.25) is 0 Å². The monoisotopic (exact) mass is 424 g/mol. The predicted molar refractivity (Wildman–Crippen MR) is 118 cm³/mol. The van der Waals surface area contributed by atoms with Crippen LogP contribution in [0.1, 0.15) is 24.2 Å². The Balaban J connectivity index is 1.63. The molecule has 0 fully saturated rings. The molecule has 0 aliphatic heterocycles. The van der Waals surface area contributed by atoms with Crippen molar-refractivity contribution < 1.29 is 17.9 Å². The first-order chi connectivity index (χ1) is 14.3. The standard InChI is InChI=1S/C23H24N2O4S/c1-17(2)16-29-21-12-8-18(9-13-21)23(26)24-19-10-14-22(15-11-19)30(27,28)25-20-6-4-3-5-7-20/h3-15,17,25H,16H2,1-2H3,(H,24,26). The minimum absolute atomic E-state index is 0.107. The van der Waals surface area contributed by atoms with Crippen molar-refractivity contribution in [2.75, 3.05) is 16.6 Å². The van der Waals surface area contributed by atoms with E-state index in [4.69, 9.17) is 4.74 Å². The summed E-state index contributed by atoms with van der Waals surface area (Å²) in [4.78, 5) is 12.5. The van der Waals surface area contributed by atoms with Crippen molar-refractivity contribution in [2.45, 2.75) is 18.7 Å². The first kappa shape index (κ1) is 21.4. The number of ether oxygens (including phenoxy) is 1. The van der Waals surface area contributed by atoms with Gasteiger partial charge in [-0.15, -0.1) is 0 Å². The lowest BCUT2D eigenvalue weighted by molar-refractivity contribution is 0.102. The molecule has 0 atom stereocenters. The molecule has 0 aromatic heterocycles. The molecule has 0 radical (unpaired) electrons. The Morgan fingerprint density at radius 3 is 2.10 bits per heavy atom. The molecule has 1 amide bonds. The van der Waals surface area contributed by atoms with Gasteiger partial charge in [0.05, 0.1) is 11.5 Å². The van der Waals surface area contributed by atoms with Gasteiger partial charge in [0.25, 0.3) is 15.9 Å². The maximum absolute atomic E-state index is 12.5. The fraction of sp³-hybridized carbons (Fsp3) is 0.174. The van der Waals surface area contributed by atoms with Gasteiger partial charge in [0, 0.05) is 16.9 Å². The lowest BCUT2D eigenvalue weighted by Gasteiger charge is -2.10. The largest absolute Gasteiger partial charge is 0.493 e. The molecule has 3 aromatic rings. The third kappa shape index (κ3) is 5.84. The summed E-state index contributed by atoms with van der Waals surface area (Å²) >= 11 is 0. The van der Waals surface area contributed by atoms with Crippen LogP contribution in [0.5, 0.6) is 5.75 Å².